The number of anilines is 1. The molecule has 0 atom stereocenters. The Kier molecular flexibility index (Phi) is 4.13. The van der Waals surface area contributed by atoms with Gasteiger partial charge in [0.25, 0.3) is 0 Å². The molecule has 0 radical (unpaired) electrons. The zero-order valence-electron chi connectivity index (χ0n) is 12.0. The molecule has 0 N–H and O–H groups in total. The van der Waals surface area contributed by atoms with Crippen molar-refractivity contribution in [3.8, 4) is 0 Å². The Labute approximate surface area is 129 Å². The Hall–Kier alpha value is -1.92. The summed E-state index contributed by atoms with van der Waals surface area (Å²) in [6.45, 7) is 1.66. The molecule has 6 heteroatoms. The minimum Gasteiger partial charge on any atom is -0.367 e. The molecular formula is C16H17FN2O2S. The molecule has 3 rings (SSSR count). The molecule has 0 bridgehead atoms. The third kappa shape index (κ3) is 2.84. The highest BCUT2D eigenvalue weighted by Crippen LogP contribution is 2.23. The van der Waals surface area contributed by atoms with E-state index in [-0.39, 0.29) is 5.82 Å². The van der Waals surface area contributed by atoms with Gasteiger partial charge in [-0.25, -0.2) is 12.8 Å². The Morgan fingerprint density at radius 3 is 2.05 bits per heavy atom. The Bertz CT molecular complexity index is 742. The van der Waals surface area contributed by atoms with Gasteiger partial charge in [-0.15, -0.1) is 0 Å². The lowest BCUT2D eigenvalue weighted by Crippen LogP contribution is -2.48. The topological polar surface area (TPSA) is 40.6 Å². The second kappa shape index (κ2) is 6.06. The van der Waals surface area contributed by atoms with Crippen molar-refractivity contribution in [2.75, 3.05) is 31.1 Å². The summed E-state index contributed by atoms with van der Waals surface area (Å²) in [7, 11) is -3.46. The fourth-order valence-corrected chi connectivity index (χ4v) is 4.06. The summed E-state index contributed by atoms with van der Waals surface area (Å²) in [6, 6.07) is 15.0. The lowest BCUT2D eigenvalue weighted by atomic mass is 10.2. The number of hydrogen-bond acceptors (Lipinski definition) is 3. The van der Waals surface area contributed by atoms with Gasteiger partial charge in [0.2, 0.25) is 10.0 Å². The average Bonchev–Trinajstić information content (AvgIpc) is 2.56. The fraction of sp³-hybridized carbons (Fsp3) is 0.250. The molecule has 0 aromatic heterocycles. The summed E-state index contributed by atoms with van der Waals surface area (Å²) in [5.74, 6) is -0.276. The normalized spacial score (nSPS) is 16.7. The van der Waals surface area contributed by atoms with Crippen LogP contribution in [0.15, 0.2) is 59.5 Å². The maximum Gasteiger partial charge on any atom is 0.243 e. The van der Waals surface area contributed by atoms with Crippen LogP contribution in [0.25, 0.3) is 0 Å². The largest absolute Gasteiger partial charge is 0.367 e. The number of sulfonamides is 1. The first-order valence-corrected chi connectivity index (χ1v) is 8.58. The number of piperazine rings is 1. The predicted molar refractivity (Wildman–Crippen MR) is 83.8 cm³/mol. The molecule has 1 saturated heterocycles. The van der Waals surface area contributed by atoms with Crippen LogP contribution in [-0.4, -0.2) is 38.9 Å². The van der Waals surface area contributed by atoms with Crippen molar-refractivity contribution >= 4 is 15.7 Å². The van der Waals surface area contributed by atoms with Crippen LogP contribution in [0.4, 0.5) is 10.1 Å². The maximum atomic E-state index is 13.8. The van der Waals surface area contributed by atoms with Gasteiger partial charge in [0.15, 0.2) is 0 Å². The zero-order valence-corrected chi connectivity index (χ0v) is 12.8. The highest BCUT2D eigenvalue weighted by Gasteiger charge is 2.28. The fourth-order valence-electron chi connectivity index (χ4n) is 2.62. The van der Waals surface area contributed by atoms with Crippen molar-refractivity contribution in [2.45, 2.75) is 4.90 Å². The SMILES string of the molecule is O=S(=O)(c1ccccc1)N1CCN(c2ccccc2F)CC1. The van der Waals surface area contributed by atoms with Crippen LogP contribution in [0, 0.1) is 5.82 Å². The van der Waals surface area contributed by atoms with Gasteiger partial charge in [-0.3, -0.25) is 0 Å². The Morgan fingerprint density at radius 2 is 1.41 bits per heavy atom. The van der Waals surface area contributed by atoms with E-state index in [2.05, 4.69) is 0 Å². The molecule has 0 spiro atoms. The van der Waals surface area contributed by atoms with E-state index in [0.29, 0.717) is 36.8 Å². The molecule has 0 unspecified atom stereocenters. The Balaban J connectivity index is 1.74. The van der Waals surface area contributed by atoms with Gasteiger partial charge >= 0.3 is 0 Å². The van der Waals surface area contributed by atoms with Crippen molar-refractivity contribution in [3.05, 3.63) is 60.4 Å². The first kappa shape index (κ1) is 15.0. The van der Waals surface area contributed by atoms with Gasteiger partial charge in [0, 0.05) is 26.2 Å². The van der Waals surface area contributed by atoms with Crippen LogP contribution in [0.2, 0.25) is 0 Å². The van der Waals surface area contributed by atoms with E-state index in [1.165, 1.54) is 10.4 Å². The lowest BCUT2D eigenvalue weighted by Gasteiger charge is -2.35. The van der Waals surface area contributed by atoms with Gasteiger partial charge in [0.1, 0.15) is 5.82 Å². The number of rotatable bonds is 3. The molecule has 1 heterocycles. The minimum atomic E-state index is -3.46. The maximum absolute atomic E-state index is 13.8. The summed E-state index contributed by atoms with van der Waals surface area (Å²) in [6.07, 6.45) is 0. The smallest absolute Gasteiger partial charge is 0.243 e. The molecule has 22 heavy (non-hydrogen) atoms. The minimum absolute atomic E-state index is 0.276. The molecule has 0 amide bonds. The third-order valence-corrected chi connectivity index (χ3v) is 5.73. The zero-order chi connectivity index (χ0) is 15.6. The monoisotopic (exact) mass is 320 g/mol. The van der Waals surface area contributed by atoms with Crippen LogP contribution >= 0.6 is 0 Å². The van der Waals surface area contributed by atoms with Gasteiger partial charge in [-0.05, 0) is 24.3 Å². The molecular weight excluding hydrogens is 303 g/mol. The van der Waals surface area contributed by atoms with Crippen molar-refractivity contribution in [3.63, 3.8) is 0 Å². The van der Waals surface area contributed by atoms with Crippen molar-refractivity contribution in [1.82, 2.24) is 4.31 Å². The van der Waals surface area contributed by atoms with Gasteiger partial charge in [-0.2, -0.15) is 4.31 Å². The highest BCUT2D eigenvalue weighted by atomic mass is 32.2. The quantitative estimate of drug-likeness (QED) is 0.871. The van der Waals surface area contributed by atoms with Crippen molar-refractivity contribution < 1.29 is 12.8 Å². The van der Waals surface area contributed by atoms with E-state index in [1.54, 1.807) is 48.5 Å². The molecule has 4 nitrogen and oxygen atoms in total. The molecule has 1 fully saturated rings. The number of benzene rings is 2. The van der Waals surface area contributed by atoms with Crippen molar-refractivity contribution in [1.29, 1.82) is 0 Å². The van der Waals surface area contributed by atoms with E-state index < -0.39 is 10.0 Å². The van der Waals surface area contributed by atoms with Crippen LogP contribution in [0.3, 0.4) is 0 Å². The van der Waals surface area contributed by atoms with Gasteiger partial charge in [0.05, 0.1) is 10.6 Å². The van der Waals surface area contributed by atoms with Gasteiger partial charge in [-0.1, -0.05) is 30.3 Å². The van der Waals surface area contributed by atoms with Crippen LogP contribution in [-0.2, 0) is 10.0 Å². The molecule has 1 aliphatic heterocycles. The Morgan fingerprint density at radius 1 is 0.818 bits per heavy atom. The summed E-state index contributed by atoms with van der Waals surface area (Å²) in [5.41, 5.74) is 0.527. The van der Waals surface area contributed by atoms with Crippen molar-refractivity contribution in [2.24, 2.45) is 0 Å². The third-order valence-electron chi connectivity index (χ3n) is 3.81. The molecule has 2 aromatic rings. The number of halogens is 1. The molecule has 0 aliphatic carbocycles. The summed E-state index contributed by atoms with van der Waals surface area (Å²) in [5, 5.41) is 0. The van der Waals surface area contributed by atoms with E-state index in [4.69, 9.17) is 0 Å². The first-order valence-electron chi connectivity index (χ1n) is 7.14. The number of nitrogens with zero attached hydrogens (tertiary/aromatic N) is 2. The predicted octanol–water partition coefficient (Wildman–Crippen LogP) is 2.34. The number of para-hydroxylation sites is 1. The lowest BCUT2D eigenvalue weighted by molar-refractivity contribution is 0.383. The van der Waals surface area contributed by atoms with Crippen LogP contribution in [0.1, 0.15) is 0 Å². The average molecular weight is 320 g/mol. The highest BCUT2D eigenvalue weighted by molar-refractivity contribution is 7.89. The summed E-state index contributed by atoms with van der Waals surface area (Å²) < 4.78 is 40.3. The summed E-state index contributed by atoms with van der Waals surface area (Å²) >= 11 is 0. The van der Waals surface area contributed by atoms with Crippen LogP contribution in [0.5, 0.6) is 0 Å². The van der Waals surface area contributed by atoms with E-state index in [0.717, 1.165) is 0 Å². The molecule has 116 valence electrons. The molecule has 2 aromatic carbocycles. The first-order chi connectivity index (χ1) is 10.6. The molecule has 1 aliphatic rings. The van der Waals surface area contributed by atoms with E-state index in [9.17, 15) is 12.8 Å². The number of hydrogen-bond donors (Lipinski definition) is 0. The second-order valence-electron chi connectivity index (χ2n) is 5.16. The van der Waals surface area contributed by atoms with Crippen LogP contribution < -0.4 is 4.90 Å². The second-order valence-corrected chi connectivity index (χ2v) is 7.09. The summed E-state index contributed by atoms with van der Waals surface area (Å²) in [4.78, 5) is 2.18. The standard InChI is InChI=1S/C16H17FN2O2S/c17-15-8-4-5-9-16(15)18-10-12-19(13-11-18)22(20,21)14-6-2-1-3-7-14/h1-9H,10-13H2. The van der Waals surface area contributed by atoms with E-state index in [1.807, 2.05) is 4.90 Å². The van der Waals surface area contributed by atoms with E-state index >= 15 is 0 Å². The molecule has 0 saturated carbocycles. The van der Waals surface area contributed by atoms with Gasteiger partial charge < -0.3 is 4.90 Å².